The van der Waals surface area contributed by atoms with Gasteiger partial charge in [0.05, 0.1) is 27.5 Å². The summed E-state index contributed by atoms with van der Waals surface area (Å²) in [5.74, 6) is -0.288. The summed E-state index contributed by atoms with van der Waals surface area (Å²) in [5.41, 5.74) is 13.9. The quantitative estimate of drug-likeness (QED) is 0.168. The first-order valence-electron chi connectivity index (χ1n) is 20.0. The van der Waals surface area contributed by atoms with E-state index in [1.54, 1.807) is 12.1 Å². The fourth-order valence-electron chi connectivity index (χ4n) is 9.93. The van der Waals surface area contributed by atoms with Gasteiger partial charge in [-0.1, -0.05) is 146 Å². The third-order valence-corrected chi connectivity index (χ3v) is 12.3. The number of aromatic nitrogens is 1. The highest BCUT2D eigenvalue weighted by Crippen LogP contribution is 2.60. The number of furan rings is 1. The van der Waals surface area contributed by atoms with E-state index in [1.807, 2.05) is 18.2 Å². The third kappa shape index (κ3) is 4.81. The summed E-state index contributed by atoms with van der Waals surface area (Å²) in [5, 5.41) is 4.35. The molecule has 12 rings (SSSR count). The van der Waals surface area contributed by atoms with E-state index in [-0.39, 0.29) is 5.82 Å². The highest BCUT2D eigenvalue weighted by atomic mass is 19.1. The lowest BCUT2D eigenvalue weighted by Crippen LogP contribution is -2.28. The molecule has 2 aromatic heterocycles. The van der Waals surface area contributed by atoms with E-state index in [1.165, 1.54) is 22.1 Å². The molecular formula is C55H35FN2O. The molecule has 1 aliphatic rings. The SMILES string of the molecule is Fc1ccc(N(c2ccc3c4ccccc4n(-c4ccccc4)c3c2)c2cc3c(c4oc5ccccc5c24)-c2ccccc2C3(c2ccccc2)c2ccccc2)cc1. The molecule has 3 nitrogen and oxygen atoms in total. The largest absolute Gasteiger partial charge is 0.455 e. The lowest BCUT2D eigenvalue weighted by atomic mass is 9.67. The minimum Gasteiger partial charge on any atom is -0.455 e. The van der Waals surface area contributed by atoms with E-state index in [0.717, 1.165) is 77.8 Å². The summed E-state index contributed by atoms with van der Waals surface area (Å²) < 4.78 is 24.3. The van der Waals surface area contributed by atoms with E-state index in [4.69, 9.17) is 4.42 Å². The maximum atomic E-state index is 14.9. The molecule has 0 radical (unpaired) electrons. The number of nitrogens with zero attached hydrogens (tertiary/aromatic N) is 2. The lowest BCUT2D eigenvalue weighted by molar-refractivity contribution is 0.628. The standard InChI is InChI=1S/C55H35FN2O/c56-38-28-30-40(31-29-38)57(41-32-33-43-42-22-11-14-26-48(42)58(49(43)34-41)39-20-8-3-9-21-39)50-35-47-52(54-53(50)45-24-12-15-27-51(45)59-54)44-23-10-13-25-46(44)55(47,36-16-4-1-5-17-36)37-18-6-2-7-19-37/h1-35H. The molecule has 1 aliphatic carbocycles. The van der Waals surface area contributed by atoms with E-state index < -0.39 is 5.41 Å². The Kier molecular flexibility index (Phi) is 7.32. The Balaban J connectivity index is 1.24. The van der Waals surface area contributed by atoms with Crippen LogP contribution >= 0.6 is 0 Å². The Morgan fingerprint density at radius 3 is 1.81 bits per heavy atom. The molecule has 0 spiro atoms. The van der Waals surface area contributed by atoms with Gasteiger partial charge in [-0.3, -0.25) is 0 Å². The number of para-hydroxylation sites is 3. The minimum atomic E-state index is -0.672. The molecule has 59 heavy (non-hydrogen) atoms. The van der Waals surface area contributed by atoms with Gasteiger partial charge >= 0.3 is 0 Å². The molecule has 4 heteroatoms. The van der Waals surface area contributed by atoms with Crippen molar-refractivity contribution in [3.8, 4) is 16.8 Å². The van der Waals surface area contributed by atoms with Crippen LogP contribution in [0, 0.1) is 5.82 Å². The van der Waals surface area contributed by atoms with E-state index in [0.29, 0.717) is 0 Å². The van der Waals surface area contributed by atoms with Gasteiger partial charge in [-0.05, 0) is 94.5 Å². The Labute approximate surface area is 340 Å². The van der Waals surface area contributed by atoms with Crippen molar-refractivity contribution in [1.82, 2.24) is 4.57 Å². The smallest absolute Gasteiger partial charge is 0.145 e. The highest BCUT2D eigenvalue weighted by Gasteiger charge is 2.48. The van der Waals surface area contributed by atoms with Crippen LogP contribution in [-0.2, 0) is 5.41 Å². The predicted octanol–water partition coefficient (Wildman–Crippen LogP) is 14.7. The highest BCUT2D eigenvalue weighted by molar-refractivity contribution is 6.19. The van der Waals surface area contributed by atoms with Gasteiger partial charge in [-0.25, -0.2) is 4.39 Å². The van der Waals surface area contributed by atoms with E-state index >= 15 is 0 Å². The zero-order valence-electron chi connectivity index (χ0n) is 31.9. The van der Waals surface area contributed by atoms with Crippen molar-refractivity contribution in [3.05, 3.63) is 240 Å². The van der Waals surface area contributed by atoms with Crippen LogP contribution in [0.15, 0.2) is 217 Å². The molecule has 0 N–H and O–H groups in total. The Hall–Kier alpha value is -7.69. The molecule has 0 amide bonds. The molecule has 0 unspecified atom stereocenters. The van der Waals surface area contributed by atoms with Gasteiger partial charge in [0.25, 0.3) is 0 Å². The number of benzene rings is 9. The molecular weight excluding hydrogens is 724 g/mol. The Morgan fingerprint density at radius 2 is 1.07 bits per heavy atom. The first-order valence-corrected chi connectivity index (χ1v) is 20.0. The molecule has 0 fully saturated rings. The molecule has 0 atom stereocenters. The maximum absolute atomic E-state index is 14.9. The second-order valence-corrected chi connectivity index (χ2v) is 15.3. The summed E-state index contributed by atoms with van der Waals surface area (Å²) >= 11 is 0. The first kappa shape index (κ1) is 33.4. The summed E-state index contributed by atoms with van der Waals surface area (Å²) in [6, 6.07) is 73.8. The molecule has 278 valence electrons. The molecule has 2 heterocycles. The van der Waals surface area contributed by atoms with Gasteiger partial charge in [0, 0.05) is 38.8 Å². The number of anilines is 3. The topological polar surface area (TPSA) is 21.3 Å². The van der Waals surface area contributed by atoms with Crippen LogP contribution in [0.2, 0.25) is 0 Å². The summed E-state index contributed by atoms with van der Waals surface area (Å²) in [6.45, 7) is 0. The lowest BCUT2D eigenvalue weighted by Gasteiger charge is -2.35. The Morgan fingerprint density at radius 1 is 0.475 bits per heavy atom. The number of rotatable bonds is 6. The third-order valence-electron chi connectivity index (χ3n) is 12.3. The average molecular weight is 759 g/mol. The summed E-state index contributed by atoms with van der Waals surface area (Å²) in [4.78, 5) is 2.29. The summed E-state index contributed by atoms with van der Waals surface area (Å²) in [7, 11) is 0. The second-order valence-electron chi connectivity index (χ2n) is 15.3. The Bertz CT molecular complexity index is 3350. The van der Waals surface area contributed by atoms with Crippen molar-refractivity contribution in [3.63, 3.8) is 0 Å². The number of halogens is 1. The van der Waals surface area contributed by atoms with Crippen LogP contribution in [0.5, 0.6) is 0 Å². The molecule has 0 saturated carbocycles. The predicted molar refractivity (Wildman–Crippen MR) is 240 cm³/mol. The van der Waals surface area contributed by atoms with Gasteiger partial charge < -0.3 is 13.9 Å². The van der Waals surface area contributed by atoms with Crippen molar-refractivity contribution < 1.29 is 8.81 Å². The van der Waals surface area contributed by atoms with Crippen molar-refractivity contribution in [1.29, 1.82) is 0 Å². The molecule has 0 aliphatic heterocycles. The van der Waals surface area contributed by atoms with Gasteiger partial charge in [0.1, 0.15) is 17.0 Å². The van der Waals surface area contributed by atoms with Crippen molar-refractivity contribution in [2.24, 2.45) is 0 Å². The van der Waals surface area contributed by atoms with Crippen LogP contribution in [0.3, 0.4) is 0 Å². The van der Waals surface area contributed by atoms with Crippen LogP contribution in [0.25, 0.3) is 60.6 Å². The molecule has 11 aromatic rings. The average Bonchev–Trinajstić information content (AvgIpc) is 3.94. The molecule has 9 aromatic carbocycles. The van der Waals surface area contributed by atoms with Gasteiger partial charge in [-0.2, -0.15) is 0 Å². The zero-order chi connectivity index (χ0) is 39.1. The van der Waals surface area contributed by atoms with E-state index in [9.17, 15) is 4.39 Å². The normalized spacial score (nSPS) is 13.0. The molecule has 0 saturated heterocycles. The van der Waals surface area contributed by atoms with Crippen LogP contribution in [0.4, 0.5) is 21.5 Å². The van der Waals surface area contributed by atoms with Crippen LogP contribution in [0.1, 0.15) is 22.3 Å². The zero-order valence-corrected chi connectivity index (χ0v) is 31.9. The van der Waals surface area contributed by atoms with Gasteiger partial charge in [0.2, 0.25) is 0 Å². The van der Waals surface area contributed by atoms with Crippen molar-refractivity contribution in [2.45, 2.75) is 5.41 Å². The van der Waals surface area contributed by atoms with Crippen molar-refractivity contribution in [2.75, 3.05) is 4.90 Å². The van der Waals surface area contributed by atoms with Gasteiger partial charge in [0.15, 0.2) is 0 Å². The maximum Gasteiger partial charge on any atom is 0.145 e. The number of hydrogen-bond acceptors (Lipinski definition) is 2. The number of hydrogen-bond donors (Lipinski definition) is 0. The molecule has 0 bridgehead atoms. The monoisotopic (exact) mass is 758 g/mol. The van der Waals surface area contributed by atoms with E-state index in [2.05, 4.69) is 191 Å². The fraction of sp³-hybridized carbons (Fsp3) is 0.0182. The first-order chi connectivity index (χ1) is 29.2. The van der Waals surface area contributed by atoms with Crippen LogP contribution in [-0.4, -0.2) is 4.57 Å². The second kappa shape index (κ2) is 12.9. The van der Waals surface area contributed by atoms with Gasteiger partial charge in [-0.15, -0.1) is 0 Å². The minimum absolute atomic E-state index is 0.288. The summed E-state index contributed by atoms with van der Waals surface area (Å²) in [6.07, 6.45) is 0. The fourth-order valence-corrected chi connectivity index (χ4v) is 9.93. The van der Waals surface area contributed by atoms with Crippen molar-refractivity contribution >= 4 is 60.8 Å². The van der Waals surface area contributed by atoms with Crippen LogP contribution < -0.4 is 4.90 Å². The number of fused-ring (bicyclic) bond motifs is 10.